The first-order valence-corrected chi connectivity index (χ1v) is 7.83. The SMILES string of the molecule is CC1CCC(CCNC(C)C(=O)NC(C)(C)C)CC1. The Morgan fingerprint density at radius 1 is 1.21 bits per heavy atom. The Balaban J connectivity index is 2.16. The third-order valence-corrected chi connectivity index (χ3v) is 4.03. The molecule has 0 bridgehead atoms. The summed E-state index contributed by atoms with van der Waals surface area (Å²) >= 11 is 0. The Labute approximate surface area is 118 Å². The van der Waals surface area contributed by atoms with E-state index in [0.717, 1.165) is 18.4 Å². The highest BCUT2D eigenvalue weighted by Crippen LogP contribution is 2.29. The second-order valence-electron chi connectivity index (χ2n) is 7.33. The molecule has 1 saturated carbocycles. The molecule has 1 rings (SSSR count). The van der Waals surface area contributed by atoms with Gasteiger partial charge in [-0.05, 0) is 52.5 Å². The van der Waals surface area contributed by atoms with Crippen molar-refractivity contribution < 1.29 is 4.79 Å². The van der Waals surface area contributed by atoms with Gasteiger partial charge in [-0.15, -0.1) is 0 Å². The Morgan fingerprint density at radius 2 is 1.79 bits per heavy atom. The van der Waals surface area contributed by atoms with Gasteiger partial charge in [0.05, 0.1) is 6.04 Å². The number of amides is 1. The standard InChI is InChI=1S/C16H32N2O/c1-12-6-8-14(9-7-12)10-11-17-13(2)15(19)18-16(3,4)5/h12-14,17H,6-11H2,1-5H3,(H,18,19). The minimum atomic E-state index is -0.146. The monoisotopic (exact) mass is 268 g/mol. The topological polar surface area (TPSA) is 41.1 Å². The van der Waals surface area contributed by atoms with Crippen LogP contribution < -0.4 is 10.6 Å². The van der Waals surface area contributed by atoms with Gasteiger partial charge in [0.15, 0.2) is 0 Å². The van der Waals surface area contributed by atoms with Gasteiger partial charge in [-0.3, -0.25) is 4.79 Å². The molecule has 0 saturated heterocycles. The summed E-state index contributed by atoms with van der Waals surface area (Å²) in [4.78, 5) is 11.9. The molecule has 1 atom stereocenters. The average Bonchev–Trinajstić information content (AvgIpc) is 2.29. The number of hydrogen-bond acceptors (Lipinski definition) is 2. The van der Waals surface area contributed by atoms with Crippen molar-refractivity contribution >= 4 is 5.91 Å². The van der Waals surface area contributed by atoms with Crippen LogP contribution in [0.4, 0.5) is 0 Å². The van der Waals surface area contributed by atoms with Gasteiger partial charge in [0, 0.05) is 5.54 Å². The molecule has 112 valence electrons. The molecule has 0 heterocycles. The fourth-order valence-electron chi connectivity index (χ4n) is 2.69. The highest BCUT2D eigenvalue weighted by Gasteiger charge is 2.20. The third-order valence-electron chi connectivity index (χ3n) is 4.03. The molecule has 0 aromatic heterocycles. The zero-order valence-corrected chi connectivity index (χ0v) is 13.4. The lowest BCUT2D eigenvalue weighted by Crippen LogP contribution is -2.49. The van der Waals surface area contributed by atoms with Crippen LogP contribution in [0.5, 0.6) is 0 Å². The van der Waals surface area contributed by atoms with Crippen molar-refractivity contribution in [2.75, 3.05) is 6.54 Å². The normalized spacial score (nSPS) is 25.9. The summed E-state index contributed by atoms with van der Waals surface area (Å²) in [5, 5.41) is 6.36. The van der Waals surface area contributed by atoms with E-state index in [-0.39, 0.29) is 17.5 Å². The van der Waals surface area contributed by atoms with Gasteiger partial charge in [0.25, 0.3) is 0 Å². The molecule has 0 aromatic rings. The maximum absolute atomic E-state index is 11.9. The average molecular weight is 268 g/mol. The highest BCUT2D eigenvalue weighted by atomic mass is 16.2. The van der Waals surface area contributed by atoms with Crippen molar-refractivity contribution in [2.45, 2.75) is 78.3 Å². The maximum atomic E-state index is 11.9. The Hall–Kier alpha value is -0.570. The zero-order valence-electron chi connectivity index (χ0n) is 13.4. The number of carbonyl (C=O) groups excluding carboxylic acids is 1. The van der Waals surface area contributed by atoms with E-state index in [0.29, 0.717) is 0 Å². The largest absolute Gasteiger partial charge is 0.350 e. The molecule has 1 fully saturated rings. The van der Waals surface area contributed by atoms with E-state index in [1.54, 1.807) is 0 Å². The number of carbonyl (C=O) groups is 1. The first-order chi connectivity index (χ1) is 8.78. The van der Waals surface area contributed by atoms with Crippen LogP contribution in [0.15, 0.2) is 0 Å². The van der Waals surface area contributed by atoms with Crippen molar-refractivity contribution in [1.29, 1.82) is 0 Å². The lowest BCUT2D eigenvalue weighted by Gasteiger charge is -2.27. The zero-order chi connectivity index (χ0) is 14.5. The molecule has 0 spiro atoms. The molecular weight excluding hydrogens is 236 g/mol. The van der Waals surface area contributed by atoms with Crippen LogP contribution in [0.25, 0.3) is 0 Å². The van der Waals surface area contributed by atoms with E-state index in [1.807, 2.05) is 27.7 Å². The van der Waals surface area contributed by atoms with Crippen molar-refractivity contribution in [1.82, 2.24) is 10.6 Å². The molecule has 1 unspecified atom stereocenters. The van der Waals surface area contributed by atoms with Crippen LogP contribution in [0.1, 0.15) is 66.7 Å². The van der Waals surface area contributed by atoms with Gasteiger partial charge in [0.2, 0.25) is 5.91 Å². The lowest BCUT2D eigenvalue weighted by atomic mass is 9.81. The number of hydrogen-bond donors (Lipinski definition) is 2. The molecule has 2 N–H and O–H groups in total. The summed E-state index contributed by atoms with van der Waals surface area (Å²) in [6, 6.07) is -0.0956. The fourth-order valence-corrected chi connectivity index (χ4v) is 2.69. The van der Waals surface area contributed by atoms with Crippen LogP contribution in [-0.2, 0) is 4.79 Å². The van der Waals surface area contributed by atoms with Crippen molar-refractivity contribution in [3.63, 3.8) is 0 Å². The first-order valence-electron chi connectivity index (χ1n) is 7.83. The van der Waals surface area contributed by atoms with Crippen LogP contribution in [0.2, 0.25) is 0 Å². The van der Waals surface area contributed by atoms with E-state index in [9.17, 15) is 4.79 Å². The van der Waals surface area contributed by atoms with E-state index in [4.69, 9.17) is 0 Å². The molecular formula is C16H32N2O. The first kappa shape index (κ1) is 16.5. The van der Waals surface area contributed by atoms with Gasteiger partial charge < -0.3 is 10.6 Å². The molecule has 1 aliphatic rings. The van der Waals surface area contributed by atoms with Crippen LogP contribution in [0, 0.1) is 11.8 Å². The number of nitrogens with one attached hydrogen (secondary N) is 2. The van der Waals surface area contributed by atoms with Crippen molar-refractivity contribution in [3.8, 4) is 0 Å². The lowest BCUT2D eigenvalue weighted by molar-refractivity contribution is -0.124. The summed E-state index contributed by atoms with van der Waals surface area (Å²) < 4.78 is 0. The molecule has 0 aromatic carbocycles. The summed E-state index contributed by atoms with van der Waals surface area (Å²) in [6.07, 6.45) is 6.70. The van der Waals surface area contributed by atoms with Crippen LogP contribution >= 0.6 is 0 Å². The minimum Gasteiger partial charge on any atom is -0.350 e. The van der Waals surface area contributed by atoms with E-state index >= 15 is 0 Å². The number of rotatable bonds is 5. The molecule has 1 amide bonds. The van der Waals surface area contributed by atoms with E-state index < -0.39 is 0 Å². The minimum absolute atomic E-state index is 0.0956. The molecule has 3 heteroatoms. The Bertz CT molecular complexity index is 275. The molecule has 0 radical (unpaired) electrons. The third kappa shape index (κ3) is 6.95. The summed E-state index contributed by atoms with van der Waals surface area (Å²) in [5.74, 6) is 1.88. The molecule has 19 heavy (non-hydrogen) atoms. The second kappa shape index (κ2) is 7.28. The van der Waals surface area contributed by atoms with Crippen molar-refractivity contribution in [3.05, 3.63) is 0 Å². The predicted octanol–water partition coefficient (Wildman–Crippen LogP) is 3.10. The van der Waals surface area contributed by atoms with Gasteiger partial charge in [-0.1, -0.05) is 32.6 Å². The molecule has 1 aliphatic carbocycles. The second-order valence-corrected chi connectivity index (χ2v) is 7.33. The smallest absolute Gasteiger partial charge is 0.237 e. The summed E-state index contributed by atoms with van der Waals surface area (Å²) in [5.41, 5.74) is -0.146. The van der Waals surface area contributed by atoms with Gasteiger partial charge in [-0.2, -0.15) is 0 Å². The Morgan fingerprint density at radius 3 is 2.32 bits per heavy atom. The highest BCUT2D eigenvalue weighted by molar-refractivity contribution is 5.81. The van der Waals surface area contributed by atoms with Gasteiger partial charge in [0.1, 0.15) is 0 Å². The van der Waals surface area contributed by atoms with E-state index in [1.165, 1.54) is 32.1 Å². The van der Waals surface area contributed by atoms with Crippen LogP contribution in [-0.4, -0.2) is 24.0 Å². The van der Waals surface area contributed by atoms with Crippen LogP contribution in [0.3, 0.4) is 0 Å². The molecule has 0 aliphatic heterocycles. The van der Waals surface area contributed by atoms with Crippen molar-refractivity contribution in [2.24, 2.45) is 11.8 Å². The summed E-state index contributed by atoms with van der Waals surface area (Å²) in [7, 11) is 0. The van der Waals surface area contributed by atoms with E-state index in [2.05, 4.69) is 17.6 Å². The fraction of sp³-hybridized carbons (Fsp3) is 0.938. The Kier molecular flexibility index (Phi) is 6.31. The maximum Gasteiger partial charge on any atom is 0.237 e. The van der Waals surface area contributed by atoms with Gasteiger partial charge >= 0.3 is 0 Å². The van der Waals surface area contributed by atoms with Gasteiger partial charge in [-0.25, -0.2) is 0 Å². The predicted molar refractivity (Wildman–Crippen MR) is 81.1 cm³/mol. The molecule has 3 nitrogen and oxygen atoms in total. The quantitative estimate of drug-likeness (QED) is 0.804. The summed E-state index contributed by atoms with van der Waals surface area (Å²) in [6.45, 7) is 11.3.